The van der Waals surface area contributed by atoms with Crippen LogP contribution in [-0.4, -0.2) is 35.5 Å². The summed E-state index contributed by atoms with van der Waals surface area (Å²) in [6.07, 6.45) is 1.80. The predicted octanol–water partition coefficient (Wildman–Crippen LogP) is 3.02. The van der Waals surface area contributed by atoms with Crippen LogP contribution in [0.3, 0.4) is 0 Å². The van der Waals surface area contributed by atoms with Crippen molar-refractivity contribution in [3.63, 3.8) is 0 Å². The van der Waals surface area contributed by atoms with E-state index in [0.717, 1.165) is 35.2 Å². The molecule has 0 spiro atoms. The lowest BCUT2D eigenvalue weighted by Gasteiger charge is -2.22. The standard InChI is InChI=1S/C17H22N4O/c1-11(2)10-20-7-8-21(17(20)22)16-12(3)9-19-15-13(16)5-4-6-14(15)18/h4-6,9,11H,7-8,10,18H2,1-3H3. The number of hydrogen-bond acceptors (Lipinski definition) is 3. The molecule has 2 N–H and O–H groups in total. The van der Waals surface area contributed by atoms with E-state index in [-0.39, 0.29) is 6.03 Å². The van der Waals surface area contributed by atoms with Crippen molar-refractivity contribution in [3.05, 3.63) is 30.0 Å². The Morgan fingerprint density at radius 2 is 2.09 bits per heavy atom. The number of anilines is 2. The number of aryl methyl sites for hydroxylation is 1. The number of aromatic nitrogens is 1. The monoisotopic (exact) mass is 298 g/mol. The number of amides is 2. The van der Waals surface area contributed by atoms with Gasteiger partial charge >= 0.3 is 6.03 Å². The molecule has 1 aliphatic heterocycles. The molecular formula is C17H22N4O. The minimum atomic E-state index is 0.0757. The second-order valence-electron chi connectivity index (χ2n) is 6.31. The normalized spacial score (nSPS) is 15.4. The lowest BCUT2D eigenvalue weighted by atomic mass is 10.1. The van der Waals surface area contributed by atoms with E-state index in [0.29, 0.717) is 18.2 Å². The van der Waals surface area contributed by atoms with Gasteiger partial charge in [-0.15, -0.1) is 0 Å². The van der Waals surface area contributed by atoms with Gasteiger partial charge in [0.25, 0.3) is 0 Å². The number of rotatable bonds is 3. The van der Waals surface area contributed by atoms with Gasteiger partial charge in [-0.05, 0) is 24.5 Å². The van der Waals surface area contributed by atoms with Gasteiger partial charge in [0.05, 0.1) is 16.9 Å². The summed E-state index contributed by atoms with van der Waals surface area (Å²) in [4.78, 5) is 20.9. The smallest absolute Gasteiger partial charge is 0.324 e. The Bertz CT molecular complexity index is 726. The molecule has 22 heavy (non-hydrogen) atoms. The van der Waals surface area contributed by atoms with Gasteiger partial charge in [-0.2, -0.15) is 0 Å². The summed E-state index contributed by atoms with van der Waals surface area (Å²) in [6, 6.07) is 5.81. The van der Waals surface area contributed by atoms with Crippen molar-refractivity contribution in [1.29, 1.82) is 0 Å². The zero-order chi connectivity index (χ0) is 15.9. The highest BCUT2D eigenvalue weighted by Gasteiger charge is 2.31. The average molecular weight is 298 g/mol. The molecule has 1 aliphatic rings. The first-order valence-corrected chi connectivity index (χ1v) is 7.69. The fourth-order valence-electron chi connectivity index (χ4n) is 3.09. The lowest BCUT2D eigenvalue weighted by Crippen LogP contribution is -2.34. The number of fused-ring (bicyclic) bond motifs is 1. The van der Waals surface area contributed by atoms with Crippen molar-refractivity contribution >= 4 is 28.3 Å². The Kier molecular flexibility index (Phi) is 3.64. The molecule has 0 radical (unpaired) electrons. The minimum absolute atomic E-state index is 0.0757. The van der Waals surface area contributed by atoms with Crippen molar-refractivity contribution in [3.8, 4) is 0 Å². The quantitative estimate of drug-likeness (QED) is 0.886. The molecule has 2 heterocycles. The molecule has 1 aromatic carbocycles. The Morgan fingerprint density at radius 1 is 1.32 bits per heavy atom. The van der Waals surface area contributed by atoms with E-state index in [1.165, 1.54) is 0 Å². The predicted molar refractivity (Wildman–Crippen MR) is 90.0 cm³/mol. The van der Waals surface area contributed by atoms with Gasteiger partial charge in [-0.25, -0.2) is 4.79 Å². The average Bonchev–Trinajstić information content (AvgIpc) is 2.80. The zero-order valence-corrected chi connectivity index (χ0v) is 13.3. The molecular weight excluding hydrogens is 276 g/mol. The molecule has 0 aliphatic carbocycles. The molecule has 5 nitrogen and oxygen atoms in total. The topological polar surface area (TPSA) is 62.5 Å². The number of carbonyl (C=O) groups excluding carboxylic acids is 1. The molecule has 0 atom stereocenters. The zero-order valence-electron chi connectivity index (χ0n) is 13.3. The molecule has 2 amide bonds. The maximum Gasteiger partial charge on any atom is 0.324 e. The summed E-state index contributed by atoms with van der Waals surface area (Å²) in [7, 11) is 0. The third-order valence-corrected chi connectivity index (χ3v) is 4.03. The molecule has 116 valence electrons. The first-order chi connectivity index (χ1) is 10.5. The second kappa shape index (κ2) is 5.48. The summed E-state index contributed by atoms with van der Waals surface area (Å²) in [5.74, 6) is 0.467. The van der Waals surface area contributed by atoms with Gasteiger partial charge < -0.3 is 10.6 Å². The number of nitrogens with two attached hydrogens (primary N) is 1. The SMILES string of the molecule is Cc1cnc2c(N)cccc2c1N1CCN(CC(C)C)C1=O. The molecule has 0 bridgehead atoms. The number of nitrogens with zero attached hydrogens (tertiary/aromatic N) is 3. The van der Waals surface area contributed by atoms with Crippen LogP contribution in [0.25, 0.3) is 10.9 Å². The highest BCUT2D eigenvalue weighted by Crippen LogP contribution is 2.33. The number of pyridine rings is 1. The largest absolute Gasteiger partial charge is 0.397 e. The highest BCUT2D eigenvalue weighted by atomic mass is 16.2. The van der Waals surface area contributed by atoms with Crippen LogP contribution < -0.4 is 10.6 Å². The van der Waals surface area contributed by atoms with Gasteiger partial charge in [0, 0.05) is 31.2 Å². The summed E-state index contributed by atoms with van der Waals surface area (Å²) < 4.78 is 0. The van der Waals surface area contributed by atoms with E-state index in [1.807, 2.05) is 34.9 Å². The molecule has 2 aromatic rings. The van der Waals surface area contributed by atoms with Gasteiger partial charge in [0.1, 0.15) is 0 Å². The molecule has 5 heteroatoms. The maximum absolute atomic E-state index is 12.7. The van der Waals surface area contributed by atoms with Crippen molar-refractivity contribution < 1.29 is 4.79 Å². The number of para-hydroxylation sites is 1. The molecule has 1 saturated heterocycles. The maximum atomic E-state index is 12.7. The molecule has 3 rings (SSSR count). The number of hydrogen-bond donors (Lipinski definition) is 1. The van der Waals surface area contributed by atoms with E-state index < -0.39 is 0 Å². The van der Waals surface area contributed by atoms with Crippen LogP contribution in [-0.2, 0) is 0 Å². The lowest BCUT2D eigenvalue weighted by molar-refractivity contribution is 0.215. The van der Waals surface area contributed by atoms with E-state index in [4.69, 9.17) is 5.73 Å². The van der Waals surface area contributed by atoms with Gasteiger partial charge in [-0.1, -0.05) is 26.0 Å². The van der Waals surface area contributed by atoms with Gasteiger partial charge in [-0.3, -0.25) is 9.88 Å². The van der Waals surface area contributed by atoms with Gasteiger partial charge in [0.15, 0.2) is 0 Å². The van der Waals surface area contributed by atoms with E-state index >= 15 is 0 Å². The van der Waals surface area contributed by atoms with E-state index in [1.54, 1.807) is 6.20 Å². The van der Waals surface area contributed by atoms with Crippen molar-refractivity contribution in [2.45, 2.75) is 20.8 Å². The number of nitrogen functional groups attached to an aromatic ring is 1. The Balaban J connectivity index is 2.06. The van der Waals surface area contributed by atoms with E-state index in [2.05, 4.69) is 18.8 Å². The Hall–Kier alpha value is -2.30. The van der Waals surface area contributed by atoms with Crippen LogP contribution >= 0.6 is 0 Å². The first-order valence-electron chi connectivity index (χ1n) is 7.69. The van der Waals surface area contributed by atoms with Crippen LogP contribution in [0.1, 0.15) is 19.4 Å². The number of carbonyl (C=O) groups is 1. The third kappa shape index (κ3) is 2.36. The highest BCUT2D eigenvalue weighted by molar-refractivity contribution is 6.06. The van der Waals surface area contributed by atoms with Crippen molar-refractivity contribution in [2.24, 2.45) is 5.92 Å². The number of urea groups is 1. The van der Waals surface area contributed by atoms with Crippen LogP contribution in [0.4, 0.5) is 16.2 Å². The summed E-state index contributed by atoms with van der Waals surface area (Å²) in [6.45, 7) is 8.51. The van der Waals surface area contributed by atoms with Crippen LogP contribution in [0.2, 0.25) is 0 Å². The minimum Gasteiger partial charge on any atom is -0.397 e. The molecule has 1 aromatic heterocycles. The van der Waals surface area contributed by atoms with Crippen LogP contribution in [0, 0.1) is 12.8 Å². The summed E-state index contributed by atoms with van der Waals surface area (Å²) >= 11 is 0. The first kappa shape index (κ1) is 14.6. The molecule has 1 fully saturated rings. The van der Waals surface area contributed by atoms with Crippen molar-refractivity contribution in [1.82, 2.24) is 9.88 Å². The summed E-state index contributed by atoms with van der Waals surface area (Å²) in [5, 5.41) is 0.944. The number of benzene rings is 1. The molecule has 0 unspecified atom stereocenters. The Labute approximate surface area is 130 Å². The van der Waals surface area contributed by atoms with Gasteiger partial charge in [0.2, 0.25) is 0 Å². The van der Waals surface area contributed by atoms with Crippen LogP contribution in [0.5, 0.6) is 0 Å². The second-order valence-corrected chi connectivity index (χ2v) is 6.31. The van der Waals surface area contributed by atoms with Crippen molar-refractivity contribution in [2.75, 3.05) is 30.3 Å². The fourth-order valence-corrected chi connectivity index (χ4v) is 3.09. The Morgan fingerprint density at radius 3 is 2.82 bits per heavy atom. The summed E-state index contributed by atoms with van der Waals surface area (Å²) in [5.41, 5.74) is 9.37. The van der Waals surface area contributed by atoms with Crippen LogP contribution in [0.15, 0.2) is 24.4 Å². The third-order valence-electron chi connectivity index (χ3n) is 4.03. The van der Waals surface area contributed by atoms with E-state index in [9.17, 15) is 4.79 Å². The fraction of sp³-hybridized carbons (Fsp3) is 0.412. The molecule has 0 saturated carbocycles.